The Hall–Kier alpha value is -2.92. The van der Waals surface area contributed by atoms with Crippen LogP contribution in [0, 0.1) is 0 Å². The van der Waals surface area contributed by atoms with Crippen LogP contribution in [-0.2, 0) is 63.6 Å². The number of rotatable bonds is 24. The van der Waals surface area contributed by atoms with Gasteiger partial charge in [-0.25, -0.2) is 0 Å². The van der Waals surface area contributed by atoms with Gasteiger partial charge < -0.3 is 37.9 Å². The number of fused-ring (bicyclic) bond motifs is 2. The Labute approximate surface area is 316 Å². The average Bonchev–Trinajstić information content (AvgIpc) is 3.96. The van der Waals surface area contributed by atoms with Crippen LogP contribution in [0.5, 0.6) is 0 Å². The van der Waals surface area contributed by atoms with Crippen molar-refractivity contribution < 1.29 is 37.9 Å². The summed E-state index contributed by atoms with van der Waals surface area (Å²) in [6, 6.07) is 27.1. The molecule has 8 rings (SSSR count). The highest BCUT2D eigenvalue weighted by molar-refractivity contribution is 5.84. The maximum absolute atomic E-state index is 5.62. The lowest BCUT2D eigenvalue weighted by Crippen LogP contribution is -2.03. The number of epoxide rings is 4. The van der Waals surface area contributed by atoms with Crippen LogP contribution in [0.15, 0.2) is 72.8 Å². The molecule has 0 radical (unpaired) electrons. The van der Waals surface area contributed by atoms with Crippen molar-refractivity contribution in [2.45, 2.75) is 83.2 Å². The van der Waals surface area contributed by atoms with E-state index in [-0.39, 0.29) is 7.43 Å². The van der Waals surface area contributed by atoms with Crippen LogP contribution in [-0.4, -0.2) is 104 Å². The summed E-state index contributed by atoms with van der Waals surface area (Å²) in [6.07, 6.45) is 9.91. The molecular formula is C45H60O8. The van der Waals surface area contributed by atoms with Gasteiger partial charge in [-0.3, -0.25) is 0 Å². The third-order valence-electron chi connectivity index (χ3n) is 9.78. The summed E-state index contributed by atoms with van der Waals surface area (Å²) >= 11 is 0. The fourth-order valence-corrected chi connectivity index (χ4v) is 6.34. The van der Waals surface area contributed by atoms with Crippen molar-refractivity contribution in [3.05, 3.63) is 95.1 Å². The fourth-order valence-electron chi connectivity index (χ4n) is 6.34. The summed E-state index contributed by atoms with van der Waals surface area (Å²) < 4.78 is 43.1. The number of benzene rings is 4. The second kappa shape index (κ2) is 21.2. The van der Waals surface area contributed by atoms with Crippen molar-refractivity contribution in [3.63, 3.8) is 0 Å². The molecule has 4 unspecified atom stereocenters. The van der Waals surface area contributed by atoms with Crippen LogP contribution < -0.4 is 0 Å². The molecule has 0 bridgehead atoms. The maximum Gasteiger partial charge on any atom is 0.104 e. The molecule has 4 fully saturated rings. The molecule has 0 N–H and O–H groups in total. The molecule has 4 aromatic rings. The first-order chi connectivity index (χ1) is 25.7. The van der Waals surface area contributed by atoms with Crippen molar-refractivity contribution in [2.24, 2.45) is 0 Å². The zero-order valence-corrected chi connectivity index (χ0v) is 30.6. The normalized spacial score (nSPS) is 20.8. The number of hydrogen-bond acceptors (Lipinski definition) is 8. The van der Waals surface area contributed by atoms with E-state index < -0.39 is 0 Å². The van der Waals surface area contributed by atoms with Gasteiger partial charge in [0.05, 0.1) is 52.9 Å². The van der Waals surface area contributed by atoms with Crippen LogP contribution in [0.2, 0.25) is 0 Å². The molecule has 4 aliphatic heterocycles. The molecule has 8 nitrogen and oxygen atoms in total. The van der Waals surface area contributed by atoms with Crippen LogP contribution in [0.25, 0.3) is 21.5 Å². The highest BCUT2D eigenvalue weighted by atomic mass is 16.6. The first kappa shape index (κ1) is 39.8. The van der Waals surface area contributed by atoms with Crippen molar-refractivity contribution in [1.82, 2.24) is 0 Å². The third kappa shape index (κ3) is 15.0. The molecule has 0 aliphatic carbocycles. The average molecular weight is 729 g/mol. The van der Waals surface area contributed by atoms with Gasteiger partial charge in [-0.1, -0.05) is 80.2 Å². The Kier molecular flexibility index (Phi) is 15.9. The van der Waals surface area contributed by atoms with E-state index in [1.807, 2.05) is 0 Å². The first-order valence-electron chi connectivity index (χ1n) is 19.5. The van der Waals surface area contributed by atoms with E-state index in [1.54, 1.807) is 0 Å². The zero-order valence-electron chi connectivity index (χ0n) is 30.6. The molecule has 0 saturated carbocycles. The topological polar surface area (TPSA) is 87.0 Å². The molecule has 4 aromatic carbocycles. The van der Waals surface area contributed by atoms with Crippen LogP contribution in [0.3, 0.4) is 0 Å². The van der Waals surface area contributed by atoms with E-state index >= 15 is 0 Å². The predicted octanol–water partition coefficient (Wildman–Crippen LogP) is 7.71. The van der Waals surface area contributed by atoms with Crippen molar-refractivity contribution in [2.75, 3.05) is 79.3 Å². The summed E-state index contributed by atoms with van der Waals surface area (Å²) in [5.41, 5.74) is 5.53. The fraction of sp³-hybridized carbons (Fsp3) is 0.556. The van der Waals surface area contributed by atoms with E-state index in [2.05, 4.69) is 72.8 Å². The van der Waals surface area contributed by atoms with Gasteiger partial charge in [0.25, 0.3) is 0 Å². The quantitative estimate of drug-likeness (QED) is 0.0536. The Balaban J connectivity index is 0.000000178. The Morgan fingerprint density at radius 2 is 0.623 bits per heavy atom. The largest absolute Gasteiger partial charge is 0.379 e. The van der Waals surface area contributed by atoms with Gasteiger partial charge in [0.2, 0.25) is 0 Å². The van der Waals surface area contributed by atoms with E-state index in [0.29, 0.717) is 24.4 Å². The zero-order chi connectivity index (χ0) is 35.2. The molecular weight excluding hydrogens is 668 g/mol. The van der Waals surface area contributed by atoms with Crippen molar-refractivity contribution >= 4 is 21.5 Å². The van der Waals surface area contributed by atoms with Crippen LogP contribution >= 0.6 is 0 Å². The first-order valence-corrected chi connectivity index (χ1v) is 19.5. The Morgan fingerprint density at radius 1 is 0.377 bits per heavy atom. The molecule has 288 valence electrons. The lowest BCUT2D eigenvalue weighted by Gasteiger charge is -2.07. The second-order valence-corrected chi connectivity index (χ2v) is 14.6. The van der Waals surface area contributed by atoms with E-state index in [4.69, 9.17) is 37.9 Å². The van der Waals surface area contributed by atoms with Crippen LogP contribution in [0.1, 0.15) is 55.4 Å². The predicted molar refractivity (Wildman–Crippen MR) is 210 cm³/mol. The van der Waals surface area contributed by atoms with Crippen molar-refractivity contribution in [3.8, 4) is 0 Å². The van der Waals surface area contributed by atoms with E-state index in [0.717, 1.165) is 131 Å². The lowest BCUT2D eigenvalue weighted by molar-refractivity contribution is 0.114. The van der Waals surface area contributed by atoms with Crippen LogP contribution in [0.4, 0.5) is 0 Å². The molecule has 4 aliphatic rings. The minimum Gasteiger partial charge on any atom is -0.379 e. The van der Waals surface area contributed by atoms with Gasteiger partial charge in [-0.2, -0.15) is 0 Å². The standard InChI is InChI=1S/2C22H28O4.CH4/c2*1(9-23-13-21-15-25-21)3-17-5-7-19-8-6-18(12-20(19)11-17)4-2-10-24-14-22-16-26-22;/h2*5-8,11-12,21-22H,1-4,9-10,13-16H2;1H4. The van der Waals surface area contributed by atoms with Crippen molar-refractivity contribution in [1.29, 1.82) is 0 Å². The minimum atomic E-state index is 0. The highest BCUT2D eigenvalue weighted by Gasteiger charge is 2.23. The SMILES string of the molecule is C.c1cc2ccc(CCCOCC3CO3)cc2cc1CCCOCC1CO1.c1cc2ccc(CCCOCC3CO3)cc2cc1CCCOCC1CO1. The van der Waals surface area contributed by atoms with Gasteiger partial charge >= 0.3 is 0 Å². The van der Waals surface area contributed by atoms with Gasteiger partial charge in [-0.15, -0.1) is 0 Å². The van der Waals surface area contributed by atoms with Gasteiger partial charge in [0, 0.05) is 26.4 Å². The molecule has 8 heteroatoms. The lowest BCUT2D eigenvalue weighted by atomic mass is 10.0. The summed E-state index contributed by atoms with van der Waals surface area (Å²) in [5, 5.41) is 5.28. The molecule has 0 aromatic heterocycles. The van der Waals surface area contributed by atoms with Gasteiger partial charge in [0.1, 0.15) is 24.4 Å². The minimum absolute atomic E-state index is 0. The third-order valence-corrected chi connectivity index (χ3v) is 9.78. The van der Waals surface area contributed by atoms with Gasteiger partial charge in [-0.05, 0) is 95.2 Å². The highest BCUT2D eigenvalue weighted by Crippen LogP contribution is 2.22. The maximum atomic E-state index is 5.62. The number of hydrogen-bond donors (Lipinski definition) is 0. The van der Waals surface area contributed by atoms with Gasteiger partial charge in [0.15, 0.2) is 0 Å². The summed E-state index contributed by atoms with van der Waals surface area (Å²) in [4.78, 5) is 0. The smallest absolute Gasteiger partial charge is 0.104 e. The Morgan fingerprint density at radius 3 is 0.849 bits per heavy atom. The molecule has 0 spiro atoms. The number of aryl methyl sites for hydroxylation is 4. The van der Waals surface area contributed by atoms with E-state index in [9.17, 15) is 0 Å². The molecule has 0 amide bonds. The monoisotopic (exact) mass is 728 g/mol. The second-order valence-electron chi connectivity index (χ2n) is 14.6. The van der Waals surface area contributed by atoms with E-state index in [1.165, 1.54) is 43.8 Å². The molecule has 4 atom stereocenters. The number of ether oxygens (including phenoxy) is 8. The summed E-state index contributed by atoms with van der Waals surface area (Å²) in [5.74, 6) is 0. The summed E-state index contributed by atoms with van der Waals surface area (Å²) in [6.45, 7) is 9.71. The summed E-state index contributed by atoms with van der Waals surface area (Å²) in [7, 11) is 0. The molecule has 53 heavy (non-hydrogen) atoms. The molecule has 4 heterocycles. The molecule has 4 saturated heterocycles. The Bertz CT molecular complexity index is 1420.